The first-order valence-electron chi connectivity index (χ1n) is 8.36. The van der Waals surface area contributed by atoms with Crippen LogP contribution in [0.1, 0.15) is 27.8 Å². The summed E-state index contributed by atoms with van der Waals surface area (Å²) in [5.41, 5.74) is 0.731. The van der Waals surface area contributed by atoms with E-state index in [2.05, 4.69) is 5.10 Å². The summed E-state index contributed by atoms with van der Waals surface area (Å²) in [7, 11) is 1.71. The first-order valence-corrected chi connectivity index (χ1v) is 8.74. The molecule has 9 heteroatoms. The lowest BCUT2D eigenvalue weighted by Crippen LogP contribution is -2.55. The van der Waals surface area contributed by atoms with Crippen molar-refractivity contribution in [2.45, 2.75) is 13.0 Å². The van der Waals surface area contributed by atoms with Gasteiger partial charge in [-0.2, -0.15) is 5.10 Å². The number of rotatable bonds is 4. The van der Waals surface area contributed by atoms with Gasteiger partial charge in [-0.15, -0.1) is 12.4 Å². The first-order chi connectivity index (χ1) is 12.3. The van der Waals surface area contributed by atoms with Crippen molar-refractivity contribution in [3.05, 3.63) is 52.6 Å². The average molecular weight is 415 g/mol. The number of ketones is 1. The molecule has 27 heavy (non-hydrogen) atoms. The number of carbonyl (C=O) groups excluding carboxylic acids is 2. The van der Waals surface area contributed by atoms with E-state index in [1.54, 1.807) is 18.1 Å². The van der Waals surface area contributed by atoms with Gasteiger partial charge in [-0.05, 0) is 31.2 Å². The van der Waals surface area contributed by atoms with Gasteiger partial charge >= 0.3 is 0 Å². The van der Waals surface area contributed by atoms with E-state index in [0.29, 0.717) is 30.2 Å². The SMILES string of the molecule is CC1CN(CC(=O)c2ccc(F)cc2)CCN1C(=O)c1nn(C)cc1Cl.Cl. The standard InChI is InChI=1S/C18H20ClFN4O2.ClH/c1-12-9-23(11-16(25)13-3-5-14(20)6-4-13)7-8-24(12)18(26)17-15(19)10-22(2)21-17;/h3-6,10,12H,7-9,11H2,1-2H3;1H. The maximum absolute atomic E-state index is 13.0. The Balaban J connectivity index is 0.00000261. The lowest BCUT2D eigenvalue weighted by molar-refractivity contribution is 0.0477. The zero-order valence-electron chi connectivity index (χ0n) is 15.1. The topological polar surface area (TPSA) is 58.4 Å². The van der Waals surface area contributed by atoms with Crippen LogP contribution in [-0.2, 0) is 7.05 Å². The molecule has 146 valence electrons. The van der Waals surface area contributed by atoms with Crippen molar-refractivity contribution in [3.8, 4) is 0 Å². The molecule has 2 aromatic rings. The number of benzene rings is 1. The molecule has 6 nitrogen and oxygen atoms in total. The molecular weight excluding hydrogens is 394 g/mol. The summed E-state index contributed by atoms with van der Waals surface area (Å²) in [4.78, 5) is 28.7. The highest BCUT2D eigenvalue weighted by Gasteiger charge is 2.31. The Labute approximate surface area is 168 Å². The molecule has 1 unspecified atom stereocenters. The summed E-state index contributed by atoms with van der Waals surface area (Å²) < 4.78 is 14.5. The van der Waals surface area contributed by atoms with Gasteiger partial charge in [0.1, 0.15) is 5.82 Å². The fraction of sp³-hybridized carbons (Fsp3) is 0.389. The fourth-order valence-electron chi connectivity index (χ4n) is 3.15. The molecule has 0 bridgehead atoms. The Morgan fingerprint density at radius 2 is 1.93 bits per heavy atom. The maximum Gasteiger partial charge on any atom is 0.276 e. The first kappa shape index (κ1) is 21.3. The van der Waals surface area contributed by atoms with Crippen molar-refractivity contribution in [1.29, 1.82) is 0 Å². The van der Waals surface area contributed by atoms with Gasteiger partial charge in [0.15, 0.2) is 11.5 Å². The van der Waals surface area contributed by atoms with Crippen LogP contribution in [0.15, 0.2) is 30.5 Å². The molecule has 1 fully saturated rings. The molecule has 1 atom stereocenters. The van der Waals surface area contributed by atoms with Gasteiger partial charge in [0.25, 0.3) is 5.91 Å². The Morgan fingerprint density at radius 1 is 1.26 bits per heavy atom. The maximum atomic E-state index is 13.0. The van der Waals surface area contributed by atoms with Gasteiger partial charge < -0.3 is 4.90 Å². The molecule has 3 rings (SSSR count). The minimum atomic E-state index is -0.365. The van der Waals surface area contributed by atoms with Gasteiger partial charge in [-0.25, -0.2) is 4.39 Å². The number of halogens is 3. The van der Waals surface area contributed by atoms with E-state index in [1.807, 2.05) is 11.8 Å². The Kier molecular flexibility index (Phi) is 6.97. The molecule has 1 aliphatic heterocycles. The number of nitrogens with zero attached hydrogens (tertiary/aromatic N) is 4. The second kappa shape index (κ2) is 8.82. The lowest BCUT2D eigenvalue weighted by Gasteiger charge is -2.39. The number of amides is 1. The van der Waals surface area contributed by atoms with Crippen molar-refractivity contribution in [2.75, 3.05) is 26.2 Å². The quantitative estimate of drug-likeness (QED) is 0.721. The molecule has 1 aromatic heterocycles. The smallest absolute Gasteiger partial charge is 0.276 e. The number of piperazine rings is 1. The van der Waals surface area contributed by atoms with Gasteiger partial charge in [-0.3, -0.25) is 19.2 Å². The number of carbonyl (C=O) groups is 2. The van der Waals surface area contributed by atoms with Gasteiger partial charge in [0.2, 0.25) is 0 Å². The molecule has 0 spiro atoms. The van der Waals surface area contributed by atoms with E-state index in [0.717, 1.165) is 0 Å². The van der Waals surface area contributed by atoms with Crippen molar-refractivity contribution in [2.24, 2.45) is 7.05 Å². The highest BCUT2D eigenvalue weighted by Crippen LogP contribution is 2.19. The van der Waals surface area contributed by atoms with E-state index in [-0.39, 0.29) is 48.2 Å². The van der Waals surface area contributed by atoms with Gasteiger partial charge in [0, 0.05) is 44.5 Å². The minimum Gasteiger partial charge on any atom is -0.332 e. The molecule has 1 amide bonds. The molecule has 1 saturated heterocycles. The van der Waals surface area contributed by atoms with Crippen molar-refractivity contribution in [1.82, 2.24) is 19.6 Å². The van der Waals surface area contributed by atoms with E-state index < -0.39 is 0 Å². The predicted octanol–water partition coefficient (Wildman–Crippen LogP) is 2.66. The van der Waals surface area contributed by atoms with Crippen LogP contribution in [0.25, 0.3) is 0 Å². The lowest BCUT2D eigenvalue weighted by atomic mass is 10.1. The third-order valence-electron chi connectivity index (χ3n) is 4.49. The van der Waals surface area contributed by atoms with Crippen LogP contribution >= 0.6 is 24.0 Å². The zero-order valence-corrected chi connectivity index (χ0v) is 16.6. The normalized spacial score (nSPS) is 17.5. The summed E-state index contributed by atoms with van der Waals surface area (Å²) in [6, 6.07) is 5.47. The Bertz CT molecular complexity index is 825. The number of hydrogen-bond acceptors (Lipinski definition) is 4. The highest BCUT2D eigenvalue weighted by molar-refractivity contribution is 6.33. The third kappa shape index (κ3) is 4.86. The number of hydrogen-bond donors (Lipinski definition) is 0. The van der Waals surface area contributed by atoms with Crippen LogP contribution in [0, 0.1) is 5.82 Å². The van der Waals surface area contributed by atoms with E-state index in [9.17, 15) is 14.0 Å². The molecule has 1 aliphatic rings. The summed E-state index contributed by atoms with van der Waals surface area (Å²) in [6.45, 7) is 3.81. The highest BCUT2D eigenvalue weighted by atomic mass is 35.5. The summed E-state index contributed by atoms with van der Waals surface area (Å²) in [5, 5.41) is 4.46. The van der Waals surface area contributed by atoms with Crippen LogP contribution in [0.5, 0.6) is 0 Å². The van der Waals surface area contributed by atoms with Crippen LogP contribution in [0.2, 0.25) is 5.02 Å². The van der Waals surface area contributed by atoms with Crippen LogP contribution in [0.3, 0.4) is 0 Å². The molecule has 0 aliphatic carbocycles. The molecule has 1 aromatic carbocycles. The molecular formula is C18H21Cl2FN4O2. The molecule has 2 heterocycles. The fourth-order valence-corrected chi connectivity index (χ4v) is 3.41. The van der Waals surface area contributed by atoms with E-state index in [1.165, 1.54) is 28.9 Å². The van der Waals surface area contributed by atoms with Crippen molar-refractivity contribution >= 4 is 35.7 Å². The van der Waals surface area contributed by atoms with E-state index >= 15 is 0 Å². The summed E-state index contributed by atoms with van der Waals surface area (Å²) in [5.74, 6) is -0.632. The second-order valence-electron chi connectivity index (χ2n) is 6.51. The second-order valence-corrected chi connectivity index (χ2v) is 6.92. The Hall–Kier alpha value is -1.96. The zero-order chi connectivity index (χ0) is 18.8. The van der Waals surface area contributed by atoms with Crippen LogP contribution in [0.4, 0.5) is 4.39 Å². The van der Waals surface area contributed by atoms with Gasteiger partial charge in [0.05, 0.1) is 11.6 Å². The summed E-state index contributed by atoms with van der Waals surface area (Å²) >= 11 is 6.07. The third-order valence-corrected chi connectivity index (χ3v) is 4.77. The average Bonchev–Trinajstić information content (AvgIpc) is 2.93. The summed E-state index contributed by atoms with van der Waals surface area (Å²) in [6.07, 6.45) is 1.59. The number of aromatic nitrogens is 2. The van der Waals surface area contributed by atoms with Crippen molar-refractivity contribution < 1.29 is 14.0 Å². The molecule has 0 radical (unpaired) electrons. The minimum absolute atomic E-state index is 0. The number of aryl methyl sites for hydroxylation is 1. The van der Waals surface area contributed by atoms with Crippen LogP contribution in [-0.4, -0.2) is 63.5 Å². The number of Topliss-reactive ketones (excluding diaryl/α,β-unsaturated/α-hetero) is 1. The molecule has 0 N–H and O–H groups in total. The van der Waals surface area contributed by atoms with Crippen molar-refractivity contribution in [3.63, 3.8) is 0 Å². The van der Waals surface area contributed by atoms with Gasteiger partial charge in [-0.1, -0.05) is 11.6 Å². The van der Waals surface area contributed by atoms with E-state index in [4.69, 9.17) is 11.6 Å². The molecule has 0 saturated carbocycles. The monoisotopic (exact) mass is 414 g/mol. The predicted molar refractivity (Wildman–Crippen MR) is 103 cm³/mol. The largest absolute Gasteiger partial charge is 0.332 e. The Morgan fingerprint density at radius 3 is 2.48 bits per heavy atom. The van der Waals surface area contributed by atoms with Crippen LogP contribution < -0.4 is 0 Å².